The molecule has 0 radical (unpaired) electrons. The summed E-state index contributed by atoms with van der Waals surface area (Å²) in [6.07, 6.45) is 6.29. The molecule has 366 valence electrons. The number of cyclic esters (lactones) is 1. The van der Waals surface area contributed by atoms with Crippen LogP contribution in [0.4, 0.5) is 0 Å². The molecule has 0 unspecified atom stereocenters. The molecule has 3 aliphatic rings. The van der Waals surface area contributed by atoms with Crippen LogP contribution in [0.5, 0.6) is 0 Å². The Kier molecular flexibility index (Phi) is 26.2. The molecule has 0 aliphatic carbocycles. The Balaban J connectivity index is 0.00000672. The lowest BCUT2D eigenvalue weighted by Crippen LogP contribution is -2.56. The third-order valence-electron chi connectivity index (χ3n) is 13.6. The summed E-state index contributed by atoms with van der Waals surface area (Å²) in [4.78, 5) is 30.6. The maximum atomic E-state index is 14.3. The van der Waals surface area contributed by atoms with Crippen molar-refractivity contribution in [2.75, 3.05) is 55.7 Å². The molecule has 63 heavy (non-hydrogen) atoms. The lowest BCUT2D eigenvalue weighted by atomic mass is 9.78. The van der Waals surface area contributed by atoms with Crippen LogP contribution in [-0.4, -0.2) is 140 Å². The second kappa shape index (κ2) is 28.9. The Morgan fingerprint density at radius 3 is 2.00 bits per heavy atom. The van der Waals surface area contributed by atoms with E-state index < -0.39 is 49.3 Å². The van der Waals surface area contributed by atoms with Crippen LogP contribution in [0, 0.1) is 41.4 Å². The van der Waals surface area contributed by atoms with Crippen molar-refractivity contribution in [3.63, 3.8) is 0 Å². The van der Waals surface area contributed by atoms with E-state index in [9.17, 15) is 9.59 Å². The first-order valence-electron chi connectivity index (χ1n) is 23.6. The first-order chi connectivity index (χ1) is 30.0. The van der Waals surface area contributed by atoms with Gasteiger partial charge in [-0.2, -0.15) is 0 Å². The first-order valence-corrected chi connectivity index (χ1v) is 23.6. The van der Waals surface area contributed by atoms with E-state index in [0.29, 0.717) is 25.9 Å². The molecule has 0 aromatic heterocycles. The summed E-state index contributed by atoms with van der Waals surface area (Å²) < 4.78 is 62.9. The molecule has 0 saturated carbocycles. The van der Waals surface area contributed by atoms with Gasteiger partial charge >= 0.3 is 5.97 Å². The Morgan fingerprint density at radius 1 is 0.810 bits per heavy atom. The van der Waals surface area contributed by atoms with E-state index >= 15 is 0 Å². The van der Waals surface area contributed by atoms with Gasteiger partial charge in [0.05, 0.1) is 50.2 Å². The number of ether oxygens (including phenoxy) is 10. The number of methoxy groups -OCH3 is 4. The SMILES string of the molecule is CC.CC=CCO[C@@H]1CC(=O)O[C@H](CC)[C@@H](CO[C@@H]2O[C@H](C)[C@@H](C)[C@@H](OC)[C@H]2OC)/C=C(C)/C=C/C(=O)[C@H](C)C[C@H](CC(OC)OC)[C@H](O[C@@H]2O[C@H](C)[C@@H](C)[C@H](N(C)C)[C@H]2C)[C@H]1C. The van der Waals surface area contributed by atoms with Gasteiger partial charge in [0.25, 0.3) is 0 Å². The fraction of sp³-hybridized carbons (Fsp3) is 0.840. The van der Waals surface area contributed by atoms with Gasteiger partial charge in [0.1, 0.15) is 12.2 Å². The van der Waals surface area contributed by atoms with Crippen LogP contribution in [0.25, 0.3) is 0 Å². The summed E-state index contributed by atoms with van der Waals surface area (Å²) in [7, 11) is 10.7. The van der Waals surface area contributed by atoms with Gasteiger partial charge in [0.15, 0.2) is 24.7 Å². The molecule has 0 bridgehead atoms. The molecular weight excluding hydrogens is 807 g/mol. The van der Waals surface area contributed by atoms with Crippen molar-refractivity contribution in [2.24, 2.45) is 41.4 Å². The van der Waals surface area contributed by atoms with Crippen molar-refractivity contribution in [3.05, 3.63) is 36.0 Å². The zero-order valence-electron chi connectivity index (χ0n) is 42.4. The van der Waals surface area contributed by atoms with Crippen LogP contribution < -0.4 is 0 Å². The number of hydrogen-bond donors (Lipinski definition) is 0. The molecule has 3 rings (SSSR count). The molecule has 0 spiro atoms. The molecule has 13 heteroatoms. The summed E-state index contributed by atoms with van der Waals surface area (Å²) in [5, 5.41) is 0. The van der Waals surface area contributed by atoms with E-state index in [2.05, 4.69) is 53.6 Å². The smallest absolute Gasteiger partial charge is 0.308 e. The van der Waals surface area contributed by atoms with Crippen LogP contribution in [0.15, 0.2) is 36.0 Å². The number of esters is 1. The molecule has 0 aromatic carbocycles. The predicted octanol–water partition coefficient (Wildman–Crippen LogP) is 8.43. The molecule has 0 aromatic rings. The summed E-state index contributed by atoms with van der Waals surface area (Å²) in [5.74, 6) is -1.42. The number of hydrogen-bond acceptors (Lipinski definition) is 13. The minimum absolute atomic E-state index is 0.00815. The Morgan fingerprint density at radius 2 is 1.43 bits per heavy atom. The lowest BCUT2D eigenvalue weighted by molar-refractivity contribution is -0.292. The monoisotopic (exact) mass is 896 g/mol. The van der Waals surface area contributed by atoms with Crippen molar-refractivity contribution in [3.8, 4) is 0 Å². The largest absolute Gasteiger partial charge is 0.462 e. The van der Waals surface area contributed by atoms with E-state index in [1.165, 1.54) is 0 Å². The molecule has 0 N–H and O–H groups in total. The second-order valence-electron chi connectivity index (χ2n) is 18.1. The zero-order chi connectivity index (χ0) is 47.6. The van der Waals surface area contributed by atoms with Gasteiger partial charge in [-0.3, -0.25) is 9.59 Å². The fourth-order valence-corrected chi connectivity index (χ4v) is 9.60. The van der Waals surface area contributed by atoms with Gasteiger partial charge in [-0.25, -0.2) is 0 Å². The van der Waals surface area contributed by atoms with Gasteiger partial charge in [-0.05, 0) is 72.5 Å². The highest BCUT2D eigenvalue weighted by Gasteiger charge is 2.47. The van der Waals surface area contributed by atoms with Gasteiger partial charge in [0.2, 0.25) is 0 Å². The number of nitrogens with zero attached hydrogens (tertiary/aromatic N) is 1. The van der Waals surface area contributed by atoms with Gasteiger partial charge in [-0.1, -0.05) is 85.3 Å². The minimum atomic E-state index is -0.706. The Bertz CT molecular complexity index is 1400. The van der Waals surface area contributed by atoms with Crippen LogP contribution in [0.1, 0.15) is 109 Å². The van der Waals surface area contributed by atoms with Crippen molar-refractivity contribution < 1.29 is 57.0 Å². The molecule has 3 aliphatic heterocycles. The molecule has 2 fully saturated rings. The standard InChI is InChI=1S/C48H83NO12.C2H6/c1-17-19-22-56-40-26-41(51)60-39(18-2)37(27-57-48-46(55-16)45(54-15)31(6)35(10)59-48)23-28(3)20-21-38(50)29(4)24-36(25-42(52-13)53-14)44(32(40)7)61-47-33(8)43(49(11)12)30(5)34(9)58-47;1-2/h17,19-21,23,29-37,39-40,42-48H,18,22,24-27H2,1-16H3;1-2H3/b19-17?,21-20+,28-23+;/t29-,30-,31-,32+,33-,34-,35-,36-,37-,39-,40-,43+,44-,45-,46-,47+,48-;/m1./s1. The Labute approximate surface area is 382 Å². The van der Waals surface area contributed by atoms with Gasteiger partial charge in [0, 0.05) is 70.5 Å². The van der Waals surface area contributed by atoms with Crippen LogP contribution in [-0.2, 0) is 57.0 Å². The maximum Gasteiger partial charge on any atom is 0.308 e. The third-order valence-corrected chi connectivity index (χ3v) is 13.6. The fourth-order valence-electron chi connectivity index (χ4n) is 9.60. The van der Waals surface area contributed by atoms with Crippen molar-refractivity contribution in [2.45, 2.75) is 176 Å². The van der Waals surface area contributed by atoms with Gasteiger partial charge < -0.3 is 52.3 Å². The lowest BCUT2D eigenvalue weighted by Gasteiger charge is -2.48. The summed E-state index contributed by atoms with van der Waals surface area (Å²) >= 11 is 0. The zero-order valence-corrected chi connectivity index (χ0v) is 42.4. The predicted molar refractivity (Wildman–Crippen MR) is 247 cm³/mol. The quantitative estimate of drug-likeness (QED) is 0.0836. The topological polar surface area (TPSA) is 130 Å². The average molecular weight is 896 g/mol. The van der Waals surface area contributed by atoms with E-state index in [1.807, 2.05) is 72.8 Å². The molecule has 0 amide bonds. The Hall–Kier alpha value is -2.04. The van der Waals surface area contributed by atoms with E-state index in [1.54, 1.807) is 34.5 Å². The highest BCUT2D eigenvalue weighted by molar-refractivity contribution is 5.91. The van der Waals surface area contributed by atoms with E-state index in [4.69, 9.17) is 47.4 Å². The van der Waals surface area contributed by atoms with E-state index in [0.717, 1.165) is 5.57 Å². The highest BCUT2D eigenvalue weighted by atomic mass is 16.7. The van der Waals surface area contributed by atoms with Crippen molar-refractivity contribution in [1.82, 2.24) is 4.90 Å². The first kappa shape index (κ1) is 57.1. The molecule has 2 saturated heterocycles. The van der Waals surface area contributed by atoms with Crippen LogP contribution >= 0.6 is 0 Å². The second-order valence-corrected chi connectivity index (χ2v) is 18.1. The third kappa shape index (κ3) is 16.4. The number of allylic oxidation sites excluding steroid dienone is 4. The normalized spacial score (nSPS) is 39.1. The minimum Gasteiger partial charge on any atom is -0.462 e. The number of carbonyl (C=O) groups excluding carboxylic acids is 2. The molecule has 17 atom stereocenters. The number of rotatable bonds is 16. The highest BCUT2D eigenvalue weighted by Crippen LogP contribution is 2.39. The van der Waals surface area contributed by atoms with Crippen LogP contribution in [0.2, 0.25) is 0 Å². The summed E-state index contributed by atoms with van der Waals surface area (Å²) in [6, 6.07) is 0.194. The molecule has 3 heterocycles. The molecular formula is C50H89NO12. The maximum absolute atomic E-state index is 14.3. The number of carbonyl (C=O) groups is 2. The van der Waals surface area contributed by atoms with E-state index in [-0.39, 0.29) is 84.6 Å². The summed E-state index contributed by atoms with van der Waals surface area (Å²) in [6.45, 7) is 24.9. The average Bonchev–Trinajstić information content (AvgIpc) is 3.26. The van der Waals surface area contributed by atoms with Crippen molar-refractivity contribution in [1.29, 1.82) is 0 Å². The molecule has 13 nitrogen and oxygen atoms in total. The number of ketones is 1. The summed E-state index contributed by atoms with van der Waals surface area (Å²) in [5.41, 5.74) is 0.834. The van der Waals surface area contributed by atoms with Crippen molar-refractivity contribution >= 4 is 11.8 Å². The van der Waals surface area contributed by atoms with Crippen LogP contribution in [0.3, 0.4) is 0 Å². The van der Waals surface area contributed by atoms with Gasteiger partial charge in [-0.15, -0.1) is 0 Å².